The summed E-state index contributed by atoms with van der Waals surface area (Å²) in [6, 6.07) is 11.9. The minimum Gasteiger partial charge on any atom is -0.328 e. The van der Waals surface area contributed by atoms with Crippen LogP contribution in [-0.4, -0.2) is 42.0 Å². The van der Waals surface area contributed by atoms with Crippen LogP contribution in [0.4, 0.5) is 0 Å². The molecule has 1 aromatic carbocycles. The zero-order valence-electron chi connectivity index (χ0n) is 12.3. The zero-order chi connectivity index (χ0) is 15.4. The van der Waals surface area contributed by atoms with Crippen molar-refractivity contribution in [1.82, 2.24) is 9.88 Å². The largest absolute Gasteiger partial charge is 0.328 e. The fourth-order valence-corrected chi connectivity index (χ4v) is 3.22. The van der Waals surface area contributed by atoms with Crippen LogP contribution in [-0.2, 0) is 6.54 Å². The number of nitrogens with one attached hydrogen (secondary N) is 1. The summed E-state index contributed by atoms with van der Waals surface area (Å²) in [5.74, 6) is 0.113. The number of carbonyl (C=O) groups is 1. The van der Waals surface area contributed by atoms with Crippen molar-refractivity contribution in [2.75, 3.05) is 26.2 Å². The Kier molecular flexibility index (Phi) is 4.85. The van der Waals surface area contributed by atoms with Crippen LogP contribution < -0.4 is 4.90 Å². The minimum absolute atomic E-state index is 0.113. The second-order valence-electron chi connectivity index (χ2n) is 5.55. The summed E-state index contributed by atoms with van der Waals surface area (Å²) in [5, 5.41) is 0. The Bertz CT molecular complexity index is 639. The van der Waals surface area contributed by atoms with Gasteiger partial charge < -0.3 is 9.80 Å². The first kappa shape index (κ1) is 15.2. The number of piperazine rings is 1. The summed E-state index contributed by atoms with van der Waals surface area (Å²) >= 11 is 3.60. The molecule has 2 aromatic rings. The molecule has 1 aliphatic heterocycles. The van der Waals surface area contributed by atoms with Gasteiger partial charge in [0.15, 0.2) is 0 Å². The van der Waals surface area contributed by atoms with E-state index in [2.05, 4.69) is 39.1 Å². The van der Waals surface area contributed by atoms with Crippen molar-refractivity contribution in [3.05, 3.63) is 64.4 Å². The topological polar surface area (TPSA) is 37.6 Å². The second-order valence-corrected chi connectivity index (χ2v) is 6.40. The lowest BCUT2D eigenvalue weighted by Gasteiger charge is -2.32. The van der Waals surface area contributed by atoms with Gasteiger partial charge in [-0.15, -0.1) is 0 Å². The van der Waals surface area contributed by atoms with Gasteiger partial charge in [-0.2, -0.15) is 0 Å². The maximum atomic E-state index is 12.4. The van der Waals surface area contributed by atoms with Crippen molar-refractivity contribution in [2.24, 2.45) is 0 Å². The van der Waals surface area contributed by atoms with Crippen LogP contribution in [0.25, 0.3) is 0 Å². The SMILES string of the molecule is O=C(c1ccncc1)N1CC[NH+](Cc2ccccc2Br)CC1. The molecule has 1 saturated heterocycles. The summed E-state index contributed by atoms with van der Waals surface area (Å²) in [4.78, 5) is 19.8. The van der Waals surface area contributed by atoms with Crippen molar-refractivity contribution >= 4 is 21.8 Å². The third-order valence-electron chi connectivity index (χ3n) is 4.08. The van der Waals surface area contributed by atoms with Crippen LogP contribution in [0.3, 0.4) is 0 Å². The van der Waals surface area contributed by atoms with Crippen molar-refractivity contribution in [1.29, 1.82) is 0 Å². The van der Waals surface area contributed by atoms with Gasteiger partial charge in [-0.3, -0.25) is 9.78 Å². The van der Waals surface area contributed by atoms with Gasteiger partial charge in [0, 0.05) is 28.0 Å². The number of pyridine rings is 1. The number of halogens is 1. The summed E-state index contributed by atoms with van der Waals surface area (Å²) in [6.07, 6.45) is 3.34. The molecule has 22 heavy (non-hydrogen) atoms. The van der Waals surface area contributed by atoms with Crippen LogP contribution in [0, 0.1) is 0 Å². The van der Waals surface area contributed by atoms with Gasteiger partial charge in [0.25, 0.3) is 5.91 Å². The molecule has 2 heterocycles. The quantitative estimate of drug-likeness (QED) is 0.897. The van der Waals surface area contributed by atoms with Gasteiger partial charge in [-0.25, -0.2) is 0 Å². The number of quaternary nitrogens is 1. The molecule has 0 radical (unpaired) electrons. The lowest BCUT2D eigenvalue weighted by Crippen LogP contribution is -3.13. The molecule has 0 unspecified atom stereocenters. The first-order valence-electron chi connectivity index (χ1n) is 7.50. The van der Waals surface area contributed by atoms with Gasteiger partial charge >= 0.3 is 0 Å². The molecule has 4 nitrogen and oxygen atoms in total. The fourth-order valence-electron chi connectivity index (χ4n) is 2.79. The van der Waals surface area contributed by atoms with Gasteiger partial charge in [0.05, 0.1) is 26.2 Å². The molecule has 1 aliphatic rings. The standard InChI is InChI=1S/C17H18BrN3O/c18-16-4-2-1-3-15(16)13-20-9-11-21(12-10-20)17(22)14-5-7-19-8-6-14/h1-8H,9-13H2/p+1. The van der Waals surface area contributed by atoms with Gasteiger partial charge in [0.2, 0.25) is 0 Å². The Labute approximate surface area is 138 Å². The van der Waals surface area contributed by atoms with Crippen LogP contribution in [0.15, 0.2) is 53.3 Å². The van der Waals surface area contributed by atoms with E-state index in [-0.39, 0.29) is 5.91 Å². The molecule has 3 rings (SSSR count). The van der Waals surface area contributed by atoms with Crippen molar-refractivity contribution in [2.45, 2.75) is 6.54 Å². The van der Waals surface area contributed by atoms with Crippen LogP contribution >= 0.6 is 15.9 Å². The molecule has 5 heteroatoms. The van der Waals surface area contributed by atoms with Crippen molar-refractivity contribution in [3.63, 3.8) is 0 Å². The van der Waals surface area contributed by atoms with E-state index in [1.165, 1.54) is 10.5 Å². The zero-order valence-corrected chi connectivity index (χ0v) is 13.9. The van der Waals surface area contributed by atoms with E-state index in [1.54, 1.807) is 24.5 Å². The normalized spacial score (nSPS) is 15.8. The Hall–Kier alpha value is -1.72. The molecule has 114 valence electrons. The minimum atomic E-state index is 0.113. The monoisotopic (exact) mass is 360 g/mol. The number of hydrogen-bond donors (Lipinski definition) is 1. The van der Waals surface area contributed by atoms with Gasteiger partial charge in [-0.05, 0) is 18.2 Å². The Morgan fingerprint density at radius 3 is 2.50 bits per heavy atom. The summed E-state index contributed by atoms with van der Waals surface area (Å²) in [6.45, 7) is 4.58. The first-order valence-corrected chi connectivity index (χ1v) is 8.29. The number of amides is 1. The summed E-state index contributed by atoms with van der Waals surface area (Å²) in [5.41, 5.74) is 2.05. The van der Waals surface area contributed by atoms with Gasteiger partial charge in [-0.1, -0.05) is 34.1 Å². The third-order valence-corrected chi connectivity index (χ3v) is 4.86. The first-order chi connectivity index (χ1) is 10.7. The highest BCUT2D eigenvalue weighted by Gasteiger charge is 2.24. The van der Waals surface area contributed by atoms with Crippen molar-refractivity contribution < 1.29 is 9.69 Å². The molecule has 0 spiro atoms. The number of benzene rings is 1. The molecule has 1 fully saturated rings. The van der Waals surface area contributed by atoms with E-state index >= 15 is 0 Å². The lowest BCUT2D eigenvalue weighted by molar-refractivity contribution is -0.917. The highest BCUT2D eigenvalue weighted by atomic mass is 79.9. The maximum Gasteiger partial charge on any atom is 0.254 e. The van der Waals surface area contributed by atoms with E-state index in [1.807, 2.05) is 11.0 Å². The maximum absolute atomic E-state index is 12.4. The smallest absolute Gasteiger partial charge is 0.254 e. The Morgan fingerprint density at radius 2 is 1.82 bits per heavy atom. The third kappa shape index (κ3) is 3.54. The van der Waals surface area contributed by atoms with Crippen LogP contribution in [0.2, 0.25) is 0 Å². The van der Waals surface area contributed by atoms with Gasteiger partial charge in [0.1, 0.15) is 6.54 Å². The number of carbonyl (C=O) groups excluding carboxylic acids is 1. The molecule has 0 saturated carbocycles. The summed E-state index contributed by atoms with van der Waals surface area (Å²) in [7, 11) is 0. The Balaban J connectivity index is 1.57. The second kappa shape index (κ2) is 7.03. The molecular weight excluding hydrogens is 342 g/mol. The van der Waals surface area contributed by atoms with E-state index in [0.29, 0.717) is 0 Å². The van der Waals surface area contributed by atoms with E-state index in [4.69, 9.17) is 0 Å². The fraction of sp³-hybridized carbons (Fsp3) is 0.294. The average Bonchev–Trinajstić information content (AvgIpc) is 2.58. The molecule has 1 amide bonds. The predicted molar refractivity (Wildman–Crippen MR) is 88.7 cm³/mol. The molecule has 0 bridgehead atoms. The van der Waals surface area contributed by atoms with Crippen LogP contribution in [0.5, 0.6) is 0 Å². The Morgan fingerprint density at radius 1 is 1.14 bits per heavy atom. The highest BCUT2D eigenvalue weighted by Crippen LogP contribution is 2.14. The number of hydrogen-bond acceptors (Lipinski definition) is 2. The number of nitrogens with zero attached hydrogens (tertiary/aromatic N) is 2. The summed E-state index contributed by atoms with van der Waals surface area (Å²) < 4.78 is 1.16. The highest BCUT2D eigenvalue weighted by molar-refractivity contribution is 9.10. The molecular formula is C17H19BrN3O+. The van der Waals surface area contributed by atoms with E-state index in [0.717, 1.165) is 42.8 Å². The van der Waals surface area contributed by atoms with Crippen molar-refractivity contribution in [3.8, 4) is 0 Å². The number of aromatic nitrogens is 1. The molecule has 1 aromatic heterocycles. The molecule has 0 atom stereocenters. The number of rotatable bonds is 3. The van der Waals surface area contributed by atoms with Crippen LogP contribution in [0.1, 0.15) is 15.9 Å². The predicted octanol–water partition coefficient (Wildman–Crippen LogP) is 1.39. The molecule has 0 aliphatic carbocycles. The van der Waals surface area contributed by atoms with E-state index in [9.17, 15) is 4.79 Å². The molecule has 1 N–H and O–H groups in total. The average molecular weight is 361 g/mol. The lowest BCUT2D eigenvalue weighted by atomic mass is 10.2. The van der Waals surface area contributed by atoms with E-state index < -0.39 is 0 Å².